The Morgan fingerprint density at radius 2 is 1.92 bits per heavy atom. The molecule has 1 nitrogen and oxygen atoms in total. The number of hydrogen-bond donors (Lipinski definition) is 1. The van der Waals surface area contributed by atoms with Crippen LogP contribution in [0.4, 0.5) is 0 Å². The lowest BCUT2D eigenvalue weighted by Gasteiger charge is -2.08. The van der Waals surface area contributed by atoms with Gasteiger partial charge < -0.3 is 5.32 Å². The van der Waals surface area contributed by atoms with Crippen LogP contribution in [0.15, 0.2) is 36.2 Å². The van der Waals surface area contributed by atoms with Crippen molar-refractivity contribution in [2.45, 2.75) is 40.0 Å². The first-order chi connectivity index (χ1) is 6.24. The van der Waals surface area contributed by atoms with Gasteiger partial charge in [0.05, 0.1) is 0 Å². The lowest BCUT2D eigenvalue weighted by atomic mass is 10.2. The third-order valence-electron chi connectivity index (χ3n) is 1.71. The third kappa shape index (κ3) is 6.21. The van der Waals surface area contributed by atoms with E-state index < -0.39 is 0 Å². The van der Waals surface area contributed by atoms with Crippen LogP contribution in [0.2, 0.25) is 0 Å². The Balaban J connectivity index is 4.01. The molecule has 0 aromatic carbocycles. The van der Waals surface area contributed by atoms with E-state index in [-0.39, 0.29) is 0 Å². The second kappa shape index (κ2) is 7.66. The summed E-state index contributed by atoms with van der Waals surface area (Å²) in [6.45, 7) is 10.3. The lowest BCUT2D eigenvalue weighted by Crippen LogP contribution is -2.09. The van der Waals surface area contributed by atoms with Crippen molar-refractivity contribution in [3.05, 3.63) is 36.2 Å². The predicted molar refractivity (Wildman–Crippen MR) is 60.4 cm³/mol. The molecule has 0 aliphatic carbocycles. The van der Waals surface area contributed by atoms with Gasteiger partial charge in [0, 0.05) is 11.4 Å². The van der Waals surface area contributed by atoms with Crippen molar-refractivity contribution < 1.29 is 0 Å². The van der Waals surface area contributed by atoms with Gasteiger partial charge in [-0.3, -0.25) is 0 Å². The largest absolute Gasteiger partial charge is 0.360 e. The summed E-state index contributed by atoms with van der Waals surface area (Å²) in [6.07, 6.45) is 9.49. The van der Waals surface area contributed by atoms with Crippen LogP contribution < -0.4 is 5.32 Å². The van der Waals surface area contributed by atoms with Crippen LogP contribution in [-0.2, 0) is 0 Å². The van der Waals surface area contributed by atoms with Gasteiger partial charge in [-0.1, -0.05) is 39.5 Å². The zero-order chi connectivity index (χ0) is 10.1. The molecule has 0 aliphatic heterocycles. The average Bonchev–Trinajstić information content (AvgIpc) is 2.14. The molecule has 74 valence electrons. The molecule has 0 aliphatic rings. The van der Waals surface area contributed by atoms with Gasteiger partial charge in [-0.25, -0.2) is 0 Å². The van der Waals surface area contributed by atoms with Crippen LogP contribution >= 0.6 is 0 Å². The lowest BCUT2D eigenvalue weighted by molar-refractivity contribution is 0.897. The van der Waals surface area contributed by atoms with Gasteiger partial charge in [0.15, 0.2) is 0 Å². The summed E-state index contributed by atoms with van der Waals surface area (Å²) < 4.78 is 0. The van der Waals surface area contributed by atoms with E-state index in [9.17, 15) is 0 Å². The van der Waals surface area contributed by atoms with Gasteiger partial charge in [0.1, 0.15) is 0 Å². The molecule has 0 amide bonds. The van der Waals surface area contributed by atoms with E-state index in [2.05, 4.69) is 44.8 Å². The number of hydrogen-bond acceptors (Lipinski definition) is 1. The Hall–Kier alpha value is -0.980. The molecule has 0 aromatic rings. The summed E-state index contributed by atoms with van der Waals surface area (Å²) in [5.41, 5.74) is 2.23. The fourth-order valence-electron chi connectivity index (χ4n) is 1.04. The normalized spacial score (nSPS) is 12.1. The molecule has 1 heteroatoms. The quantitative estimate of drug-likeness (QED) is 0.612. The Morgan fingerprint density at radius 3 is 2.38 bits per heavy atom. The molecule has 0 spiro atoms. The predicted octanol–water partition coefficient (Wildman–Crippen LogP) is 3.76. The van der Waals surface area contributed by atoms with E-state index in [1.54, 1.807) is 0 Å². The van der Waals surface area contributed by atoms with Gasteiger partial charge in [-0.2, -0.15) is 0 Å². The van der Waals surface area contributed by atoms with Crippen molar-refractivity contribution >= 4 is 0 Å². The van der Waals surface area contributed by atoms with Crippen LogP contribution in [0.5, 0.6) is 0 Å². The highest BCUT2D eigenvalue weighted by atomic mass is 14.9. The zero-order valence-electron chi connectivity index (χ0n) is 9.06. The van der Waals surface area contributed by atoms with E-state index in [1.165, 1.54) is 5.70 Å². The zero-order valence-corrected chi connectivity index (χ0v) is 9.06. The second-order valence-electron chi connectivity index (χ2n) is 2.95. The maximum Gasteiger partial charge on any atom is 0.0305 e. The Kier molecular flexibility index (Phi) is 7.08. The van der Waals surface area contributed by atoms with Crippen LogP contribution in [-0.4, -0.2) is 0 Å². The van der Waals surface area contributed by atoms with Crippen molar-refractivity contribution in [1.29, 1.82) is 0 Å². The van der Waals surface area contributed by atoms with Crippen molar-refractivity contribution in [2.75, 3.05) is 0 Å². The molecule has 0 radical (unpaired) electrons. The molecule has 0 unspecified atom stereocenters. The first kappa shape index (κ1) is 12.0. The van der Waals surface area contributed by atoms with Crippen molar-refractivity contribution in [1.82, 2.24) is 5.32 Å². The van der Waals surface area contributed by atoms with E-state index in [0.29, 0.717) is 0 Å². The van der Waals surface area contributed by atoms with E-state index in [4.69, 9.17) is 0 Å². The highest BCUT2D eigenvalue weighted by Crippen LogP contribution is 2.01. The monoisotopic (exact) mass is 179 g/mol. The fourth-order valence-corrected chi connectivity index (χ4v) is 1.04. The van der Waals surface area contributed by atoms with Crippen molar-refractivity contribution in [2.24, 2.45) is 0 Å². The van der Waals surface area contributed by atoms with Crippen molar-refractivity contribution in [3.63, 3.8) is 0 Å². The SMILES string of the molecule is C=C(/C=C\CC)N/C(=C/CC)CC. The molecule has 0 bridgehead atoms. The first-order valence-corrected chi connectivity index (χ1v) is 5.06. The highest BCUT2D eigenvalue weighted by molar-refractivity contribution is 5.18. The number of rotatable bonds is 6. The van der Waals surface area contributed by atoms with Crippen molar-refractivity contribution in [3.8, 4) is 0 Å². The molecule has 0 saturated heterocycles. The van der Waals surface area contributed by atoms with E-state index in [0.717, 1.165) is 25.0 Å². The van der Waals surface area contributed by atoms with Gasteiger partial charge >= 0.3 is 0 Å². The summed E-state index contributed by atoms with van der Waals surface area (Å²) in [6, 6.07) is 0. The van der Waals surface area contributed by atoms with E-state index >= 15 is 0 Å². The summed E-state index contributed by atoms with van der Waals surface area (Å²) in [5, 5.41) is 3.28. The molecule has 0 fully saturated rings. The minimum atomic E-state index is 0.975. The average molecular weight is 179 g/mol. The van der Waals surface area contributed by atoms with Gasteiger partial charge in [0.25, 0.3) is 0 Å². The molecule has 0 rings (SSSR count). The van der Waals surface area contributed by atoms with Gasteiger partial charge in [0.2, 0.25) is 0 Å². The molecular weight excluding hydrogens is 158 g/mol. The molecule has 0 heterocycles. The van der Waals surface area contributed by atoms with E-state index in [1.807, 2.05) is 6.08 Å². The summed E-state index contributed by atoms with van der Waals surface area (Å²) >= 11 is 0. The topological polar surface area (TPSA) is 12.0 Å². The Morgan fingerprint density at radius 1 is 1.23 bits per heavy atom. The summed E-state index contributed by atoms with van der Waals surface area (Å²) in [5.74, 6) is 0. The standard InChI is InChI=1S/C12H21N/c1-5-8-10-11(4)13-12(7-3)9-6-2/h8-10,13H,4-7H2,1-3H3/b10-8-,12-9+. The molecule has 1 N–H and O–H groups in total. The molecule has 0 saturated carbocycles. The van der Waals surface area contributed by atoms with Crippen LogP contribution in [0.3, 0.4) is 0 Å². The number of nitrogens with one attached hydrogen (secondary N) is 1. The first-order valence-electron chi connectivity index (χ1n) is 5.06. The maximum atomic E-state index is 3.92. The smallest absolute Gasteiger partial charge is 0.0305 e. The summed E-state index contributed by atoms with van der Waals surface area (Å²) in [7, 11) is 0. The summed E-state index contributed by atoms with van der Waals surface area (Å²) in [4.78, 5) is 0. The third-order valence-corrected chi connectivity index (χ3v) is 1.71. The van der Waals surface area contributed by atoms with Crippen LogP contribution in [0.25, 0.3) is 0 Å². The van der Waals surface area contributed by atoms with Gasteiger partial charge in [-0.05, 0) is 25.3 Å². The second-order valence-corrected chi connectivity index (χ2v) is 2.95. The Bertz CT molecular complexity index is 199. The molecule has 13 heavy (non-hydrogen) atoms. The van der Waals surface area contributed by atoms with Crippen LogP contribution in [0.1, 0.15) is 40.0 Å². The van der Waals surface area contributed by atoms with Gasteiger partial charge in [-0.15, -0.1) is 0 Å². The Labute approximate surface area is 82.2 Å². The fraction of sp³-hybridized carbons (Fsp3) is 0.500. The highest BCUT2D eigenvalue weighted by Gasteiger charge is 1.91. The molecular formula is C12H21N. The number of allylic oxidation sites excluding steroid dienone is 4. The molecule has 0 atom stereocenters. The van der Waals surface area contributed by atoms with Crippen LogP contribution in [0, 0.1) is 0 Å². The minimum Gasteiger partial charge on any atom is -0.360 e. The molecule has 0 aromatic heterocycles. The minimum absolute atomic E-state index is 0.975. The maximum absolute atomic E-state index is 3.92.